The van der Waals surface area contributed by atoms with Crippen LogP contribution in [-0.4, -0.2) is 19.0 Å². The van der Waals surface area contributed by atoms with E-state index in [9.17, 15) is 31.1 Å². The Balaban J connectivity index is 2.52. The fourth-order valence-electron chi connectivity index (χ4n) is 2.01. The van der Waals surface area contributed by atoms with Crippen molar-refractivity contribution in [3.05, 3.63) is 34.9 Å². The lowest BCUT2D eigenvalue weighted by molar-refractivity contribution is -0.143. The summed E-state index contributed by atoms with van der Waals surface area (Å²) in [7, 11) is 0. The first-order chi connectivity index (χ1) is 9.59. The summed E-state index contributed by atoms with van der Waals surface area (Å²) in [4.78, 5) is 11.6. The van der Waals surface area contributed by atoms with Crippen LogP contribution in [0, 0.1) is 0 Å². The standard InChI is InChI=1S/C12H10F6N2O/c13-11(14,15)7-3-6(4-8(5-7)12(16,17)18)9-10(21)20-2-1-19-9/h3-5,9,19H,1-2H2,(H,20,21)/t9-/m1/s1. The van der Waals surface area contributed by atoms with Gasteiger partial charge in [0.05, 0.1) is 11.1 Å². The van der Waals surface area contributed by atoms with Gasteiger partial charge in [0.15, 0.2) is 0 Å². The van der Waals surface area contributed by atoms with Crippen LogP contribution in [0.25, 0.3) is 0 Å². The second-order valence-electron chi connectivity index (χ2n) is 4.52. The van der Waals surface area contributed by atoms with E-state index in [-0.39, 0.29) is 24.7 Å². The van der Waals surface area contributed by atoms with Crippen LogP contribution in [0.1, 0.15) is 22.7 Å². The van der Waals surface area contributed by atoms with Crippen LogP contribution in [0.5, 0.6) is 0 Å². The molecule has 21 heavy (non-hydrogen) atoms. The molecule has 2 N–H and O–H groups in total. The Morgan fingerprint density at radius 2 is 1.43 bits per heavy atom. The van der Waals surface area contributed by atoms with Gasteiger partial charge in [-0.2, -0.15) is 26.3 Å². The molecule has 0 aliphatic carbocycles. The number of hydrogen-bond donors (Lipinski definition) is 2. The van der Waals surface area contributed by atoms with Gasteiger partial charge in [-0.3, -0.25) is 4.79 Å². The molecule has 0 unspecified atom stereocenters. The quantitative estimate of drug-likeness (QED) is 0.782. The van der Waals surface area contributed by atoms with E-state index in [1.165, 1.54) is 0 Å². The average molecular weight is 312 g/mol. The zero-order chi connectivity index (χ0) is 15.8. The Morgan fingerprint density at radius 1 is 0.905 bits per heavy atom. The number of piperazine rings is 1. The van der Waals surface area contributed by atoms with Crippen LogP contribution >= 0.6 is 0 Å². The Morgan fingerprint density at radius 3 is 1.86 bits per heavy atom. The molecule has 116 valence electrons. The van der Waals surface area contributed by atoms with Crippen molar-refractivity contribution in [2.45, 2.75) is 18.4 Å². The molecule has 2 rings (SSSR count). The number of carbonyl (C=O) groups is 1. The highest BCUT2D eigenvalue weighted by Gasteiger charge is 2.38. The largest absolute Gasteiger partial charge is 0.416 e. The normalized spacial score (nSPS) is 20.3. The maximum absolute atomic E-state index is 12.7. The Kier molecular flexibility index (Phi) is 3.87. The number of amides is 1. The first-order valence-corrected chi connectivity index (χ1v) is 5.89. The summed E-state index contributed by atoms with van der Waals surface area (Å²) in [6, 6.07) is -0.0954. The number of benzene rings is 1. The van der Waals surface area contributed by atoms with Crippen LogP contribution in [-0.2, 0) is 17.1 Å². The lowest BCUT2D eigenvalue weighted by Gasteiger charge is -2.25. The van der Waals surface area contributed by atoms with Crippen molar-refractivity contribution < 1.29 is 31.1 Å². The summed E-state index contributed by atoms with van der Waals surface area (Å²) in [5.41, 5.74) is -3.24. The molecule has 1 fully saturated rings. The van der Waals surface area contributed by atoms with Gasteiger partial charge in [-0.1, -0.05) is 0 Å². The molecule has 1 atom stereocenters. The van der Waals surface area contributed by atoms with Gasteiger partial charge in [0.25, 0.3) is 0 Å². The summed E-state index contributed by atoms with van der Waals surface area (Å²) in [5, 5.41) is 4.98. The molecule has 0 aromatic heterocycles. The summed E-state index contributed by atoms with van der Waals surface area (Å²) in [6.45, 7) is 0.522. The number of hydrogen-bond acceptors (Lipinski definition) is 2. The second kappa shape index (κ2) is 5.21. The van der Waals surface area contributed by atoms with Gasteiger partial charge in [-0.05, 0) is 23.8 Å². The highest BCUT2D eigenvalue weighted by molar-refractivity contribution is 5.84. The van der Waals surface area contributed by atoms with E-state index in [0.717, 1.165) is 0 Å². The van der Waals surface area contributed by atoms with Crippen LogP contribution < -0.4 is 10.6 Å². The molecule has 1 aliphatic heterocycles. The lowest BCUT2D eigenvalue weighted by atomic mass is 9.98. The molecule has 0 radical (unpaired) electrons. The maximum Gasteiger partial charge on any atom is 0.416 e. The van der Waals surface area contributed by atoms with Gasteiger partial charge < -0.3 is 10.6 Å². The molecule has 0 bridgehead atoms. The zero-order valence-corrected chi connectivity index (χ0v) is 10.4. The van der Waals surface area contributed by atoms with Gasteiger partial charge in [0.1, 0.15) is 6.04 Å². The SMILES string of the molecule is O=C1NCCN[C@@H]1c1cc(C(F)(F)F)cc(C(F)(F)F)c1. The Labute approximate surface area is 115 Å². The second-order valence-corrected chi connectivity index (χ2v) is 4.52. The molecule has 1 amide bonds. The third-order valence-electron chi connectivity index (χ3n) is 2.98. The van der Waals surface area contributed by atoms with Crippen LogP contribution in [0.15, 0.2) is 18.2 Å². The van der Waals surface area contributed by atoms with E-state index in [0.29, 0.717) is 12.1 Å². The lowest BCUT2D eigenvalue weighted by Crippen LogP contribution is -2.47. The minimum Gasteiger partial charge on any atom is -0.353 e. The summed E-state index contributed by atoms with van der Waals surface area (Å²) in [5.74, 6) is -0.659. The summed E-state index contributed by atoms with van der Waals surface area (Å²) in [6.07, 6.45) is -9.86. The first-order valence-electron chi connectivity index (χ1n) is 5.89. The van der Waals surface area contributed by atoms with E-state index in [4.69, 9.17) is 0 Å². The first kappa shape index (κ1) is 15.6. The summed E-state index contributed by atoms with van der Waals surface area (Å²) < 4.78 is 76.3. The molecule has 1 saturated heterocycles. The third kappa shape index (κ3) is 3.46. The number of carbonyl (C=O) groups excluding carboxylic acids is 1. The van der Waals surface area contributed by atoms with Gasteiger partial charge >= 0.3 is 12.4 Å². The van der Waals surface area contributed by atoms with E-state index < -0.39 is 35.4 Å². The molecule has 0 spiro atoms. The Hall–Kier alpha value is -1.77. The van der Waals surface area contributed by atoms with Gasteiger partial charge in [0.2, 0.25) is 5.91 Å². The number of alkyl halides is 6. The number of nitrogens with one attached hydrogen (secondary N) is 2. The molecular weight excluding hydrogens is 302 g/mol. The molecule has 3 nitrogen and oxygen atoms in total. The number of rotatable bonds is 1. The van der Waals surface area contributed by atoms with Crippen molar-refractivity contribution in [1.82, 2.24) is 10.6 Å². The van der Waals surface area contributed by atoms with E-state index in [1.807, 2.05) is 0 Å². The predicted octanol–water partition coefficient (Wildman–Crippen LogP) is 2.48. The third-order valence-corrected chi connectivity index (χ3v) is 2.98. The van der Waals surface area contributed by atoms with Crippen molar-refractivity contribution in [3.8, 4) is 0 Å². The smallest absolute Gasteiger partial charge is 0.353 e. The van der Waals surface area contributed by atoms with Crippen molar-refractivity contribution in [2.24, 2.45) is 0 Å². The molecular formula is C12H10F6N2O. The topological polar surface area (TPSA) is 41.1 Å². The van der Waals surface area contributed by atoms with E-state index in [2.05, 4.69) is 10.6 Å². The predicted molar refractivity (Wildman–Crippen MR) is 60.2 cm³/mol. The van der Waals surface area contributed by atoms with Crippen molar-refractivity contribution in [2.75, 3.05) is 13.1 Å². The number of halogens is 6. The molecule has 1 aliphatic rings. The molecule has 9 heteroatoms. The minimum atomic E-state index is -4.93. The average Bonchev–Trinajstić information content (AvgIpc) is 2.36. The van der Waals surface area contributed by atoms with Crippen molar-refractivity contribution in [1.29, 1.82) is 0 Å². The fraction of sp³-hybridized carbons (Fsp3) is 0.417. The Bertz CT molecular complexity index is 519. The van der Waals surface area contributed by atoms with Crippen LogP contribution in [0.4, 0.5) is 26.3 Å². The van der Waals surface area contributed by atoms with E-state index >= 15 is 0 Å². The van der Waals surface area contributed by atoms with Gasteiger partial charge in [-0.15, -0.1) is 0 Å². The molecule has 1 aromatic rings. The van der Waals surface area contributed by atoms with Crippen LogP contribution in [0.2, 0.25) is 0 Å². The monoisotopic (exact) mass is 312 g/mol. The molecule has 0 saturated carbocycles. The highest BCUT2D eigenvalue weighted by atomic mass is 19.4. The molecule has 1 heterocycles. The van der Waals surface area contributed by atoms with Crippen LogP contribution in [0.3, 0.4) is 0 Å². The van der Waals surface area contributed by atoms with Gasteiger partial charge in [-0.25, -0.2) is 0 Å². The molecule has 1 aromatic carbocycles. The van der Waals surface area contributed by atoms with Crippen molar-refractivity contribution in [3.63, 3.8) is 0 Å². The van der Waals surface area contributed by atoms with E-state index in [1.54, 1.807) is 0 Å². The minimum absolute atomic E-state index is 0.0320. The highest BCUT2D eigenvalue weighted by Crippen LogP contribution is 2.37. The van der Waals surface area contributed by atoms with Crippen molar-refractivity contribution >= 4 is 5.91 Å². The summed E-state index contributed by atoms with van der Waals surface area (Å²) >= 11 is 0. The van der Waals surface area contributed by atoms with Gasteiger partial charge in [0, 0.05) is 13.1 Å². The fourth-order valence-corrected chi connectivity index (χ4v) is 2.01. The zero-order valence-electron chi connectivity index (χ0n) is 10.4. The maximum atomic E-state index is 12.7.